The van der Waals surface area contributed by atoms with Gasteiger partial charge >= 0.3 is 0 Å². The summed E-state index contributed by atoms with van der Waals surface area (Å²) in [5, 5.41) is 0. The van der Waals surface area contributed by atoms with Crippen LogP contribution < -0.4 is 11.3 Å². The largest absolute Gasteiger partial charge is 0.271 e. The van der Waals surface area contributed by atoms with Crippen molar-refractivity contribution in [2.45, 2.75) is 38.1 Å². The predicted molar refractivity (Wildman–Crippen MR) is 70.1 cm³/mol. The highest BCUT2D eigenvalue weighted by Gasteiger charge is 2.42. The minimum atomic E-state index is -0.515. The summed E-state index contributed by atoms with van der Waals surface area (Å²) >= 11 is 0. The van der Waals surface area contributed by atoms with E-state index < -0.39 is 11.6 Å². The van der Waals surface area contributed by atoms with E-state index in [2.05, 4.69) is 5.43 Å². The molecule has 2 saturated carbocycles. The third kappa shape index (κ3) is 2.65. The van der Waals surface area contributed by atoms with Gasteiger partial charge in [0.1, 0.15) is 11.6 Å². The highest BCUT2D eigenvalue weighted by molar-refractivity contribution is 5.19. The number of hydrogen-bond donors (Lipinski definition) is 2. The minimum Gasteiger partial charge on any atom is -0.271 e. The van der Waals surface area contributed by atoms with E-state index in [1.165, 1.54) is 37.8 Å². The van der Waals surface area contributed by atoms with Crippen molar-refractivity contribution in [1.29, 1.82) is 0 Å². The SMILES string of the molecule is NNC(Cc1cc(F)cc(F)c1)C1CC2CCC1C2. The summed E-state index contributed by atoms with van der Waals surface area (Å²) in [7, 11) is 0. The quantitative estimate of drug-likeness (QED) is 0.649. The maximum absolute atomic E-state index is 13.2. The van der Waals surface area contributed by atoms with Crippen LogP contribution in [0.25, 0.3) is 0 Å². The summed E-state index contributed by atoms with van der Waals surface area (Å²) in [6.45, 7) is 0. The number of hydrazine groups is 1. The number of fused-ring (bicyclic) bond motifs is 2. The van der Waals surface area contributed by atoms with Crippen molar-refractivity contribution in [3.63, 3.8) is 0 Å². The molecule has 2 bridgehead atoms. The lowest BCUT2D eigenvalue weighted by Gasteiger charge is -2.30. The highest BCUT2D eigenvalue weighted by atomic mass is 19.1. The molecule has 0 aliphatic heterocycles. The Kier molecular flexibility index (Phi) is 3.54. The molecule has 0 saturated heterocycles. The molecule has 4 unspecified atom stereocenters. The summed E-state index contributed by atoms with van der Waals surface area (Å²) < 4.78 is 26.4. The molecule has 0 aromatic heterocycles. The molecule has 2 aliphatic rings. The Bertz CT molecular complexity index is 443. The number of nitrogens with two attached hydrogens (primary N) is 1. The molecule has 3 N–H and O–H groups in total. The fourth-order valence-electron chi connectivity index (χ4n) is 4.10. The highest BCUT2D eigenvalue weighted by Crippen LogP contribution is 2.49. The van der Waals surface area contributed by atoms with Gasteiger partial charge in [-0.15, -0.1) is 0 Å². The molecule has 0 amide bonds. The van der Waals surface area contributed by atoms with Crippen molar-refractivity contribution in [2.24, 2.45) is 23.6 Å². The Labute approximate surface area is 112 Å². The maximum Gasteiger partial charge on any atom is 0.126 e. The Morgan fingerprint density at radius 3 is 2.42 bits per heavy atom. The fourth-order valence-corrected chi connectivity index (χ4v) is 4.10. The Morgan fingerprint density at radius 2 is 1.89 bits per heavy atom. The van der Waals surface area contributed by atoms with Crippen LogP contribution in [0, 0.1) is 29.4 Å². The zero-order valence-electron chi connectivity index (χ0n) is 10.9. The van der Waals surface area contributed by atoms with E-state index in [1.54, 1.807) is 0 Å². The van der Waals surface area contributed by atoms with Gasteiger partial charge in [0.15, 0.2) is 0 Å². The maximum atomic E-state index is 13.2. The fraction of sp³-hybridized carbons (Fsp3) is 0.600. The van der Waals surface area contributed by atoms with E-state index in [0.29, 0.717) is 17.9 Å². The summed E-state index contributed by atoms with van der Waals surface area (Å²) in [6.07, 6.45) is 5.73. The molecule has 0 spiro atoms. The summed E-state index contributed by atoms with van der Waals surface area (Å²) in [6, 6.07) is 3.84. The van der Waals surface area contributed by atoms with Gasteiger partial charge in [-0.3, -0.25) is 11.3 Å². The molecule has 4 heteroatoms. The van der Waals surface area contributed by atoms with Gasteiger partial charge in [-0.05, 0) is 61.1 Å². The lowest BCUT2D eigenvalue weighted by Crippen LogP contribution is -2.44. The van der Waals surface area contributed by atoms with E-state index in [1.807, 2.05) is 0 Å². The second-order valence-electron chi connectivity index (χ2n) is 6.09. The van der Waals surface area contributed by atoms with Gasteiger partial charge in [0, 0.05) is 12.1 Å². The van der Waals surface area contributed by atoms with Crippen LogP contribution in [0.5, 0.6) is 0 Å². The normalized spacial score (nSPS) is 30.8. The number of halogens is 2. The van der Waals surface area contributed by atoms with Crippen molar-refractivity contribution in [3.05, 3.63) is 35.4 Å². The Balaban J connectivity index is 1.72. The van der Waals surface area contributed by atoms with E-state index in [0.717, 1.165) is 17.9 Å². The first-order valence-electron chi connectivity index (χ1n) is 7.07. The lowest BCUT2D eigenvalue weighted by atomic mass is 9.81. The van der Waals surface area contributed by atoms with Gasteiger partial charge in [-0.2, -0.15) is 0 Å². The number of hydrogen-bond acceptors (Lipinski definition) is 2. The summed E-state index contributed by atoms with van der Waals surface area (Å²) in [5.41, 5.74) is 3.55. The second kappa shape index (κ2) is 5.17. The van der Waals surface area contributed by atoms with Crippen molar-refractivity contribution in [2.75, 3.05) is 0 Å². The standard InChI is InChI=1S/C15H20F2N2/c16-12-4-10(5-13(17)8-12)7-15(19-18)14-6-9-1-2-11(14)3-9/h4-5,8-9,11,14-15,19H,1-3,6-7,18H2. The molecule has 2 aliphatic carbocycles. The molecule has 1 aromatic carbocycles. The topological polar surface area (TPSA) is 38.0 Å². The van der Waals surface area contributed by atoms with Crippen LogP contribution in [-0.2, 0) is 6.42 Å². The van der Waals surface area contributed by atoms with Crippen LogP contribution in [-0.4, -0.2) is 6.04 Å². The number of rotatable bonds is 4. The minimum absolute atomic E-state index is 0.122. The molecular formula is C15H20F2N2. The molecule has 3 rings (SSSR count). The van der Waals surface area contributed by atoms with Gasteiger partial charge < -0.3 is 0 Å². The van der Waals surface area contributed by atoms with Gasteiger partial charge in [-0.1, -0.05) is 6.42 Å². The van der Waals surface area contributed by atoms with E-state index in [9.17, 15) is 8.78 Å². The first-order chi connectivity index (χ1) is 9.15. The predicted octanol–water partition coefficient (Wildman–Crippen LogP) is 2.78. The number of nitrogens with one attached hydrogen (secondary N) is 1. The third-order valence-corrected chi connectivity index (χ3v) is 4.90. The second-order valence-corrected chi connectivity index (χ2v) is 6.09. The van der Waals surface area contributed by atoms with E-state index in [-0.39, 0.29) is 6.04 Å². The molecule has 2 fully saturated rings. The monoisotopic (exact) mass is 266 g/mol. The van der Waals surface area contributed by atoms with Crippen LogP contribution in [0.15, 0.2) is 18.2 Å². The molecule has 0 radical (unpaired) electrons. The van der Waals surface area contributed by atoms with Crippen molar-refractivity contribution < 1.29 is 8.78 Å². The smallest absolute Gasteiger partial charge is 0.126 e. The van der Waals surface area contributed by atoms with E-state index >= 15 is 0 Å². The summed E-state index contributed by atoms with van der Waals surface area (Å²) in [4.78, 5) is 0. The third-order valence-electron chi connectivity index (χ3n) is 4.90. The first kappa shape index (κ1) is 13.0. The average Bonchev–Trinajstić information content (AvgIpc) is 2.96. The molecule has 4 atom stereocenters. The lowest BCUT2D eigenvalue weighted by molar-refractivity contribution is 0.248. The van der Waals surface area contributed by atoms with Crippen molar-refractivity contribution >= 4 is 0 Å². The first-order valence-corrected chi connectivity index (χ1v) is 7.07. The molecule has 2 nitrogen and oxygen atoms in total. The Morgan fingerprint density at radius 1 is 1.16 bits per heavy atom. The molecule has 0 heterocycles. The zero-order valence-corrected chi connectivity index (χ0v) is 10.9. The van der Waals surface area contributed by atoms with Crippen molar-refractivity contribution in [1.82, 2.24) is 5.43 Å². The van der Waals surface area contributed by atoms with Crippen LogP contribution in [0.4, 0.5) is 8.78 Å². The van der Waals surface area contributed by atoms with Crippen LogP contribution in [0.2, 0.25) is 0 Å². The van der Waals surface area contributed by atoms with Crippen LogP contribution in [0.1, 0.15) is 31.2 Å². The van der Waals surface area contributed by atoms with Gasteiger partial charge in [0.25, 0.3) is 0 Å². The van der Waals surface area contributed by atoms with Crippen molar-refractivity contribution in [3.8, 4) is 0 Å². The zero-order chi connectivity index (χ0) is 13.4. The van der Waals surface area contributed by atoms with Crippen LogP contribution >= 0.6 is 0 Å². The molecular weight excluding hydrogens is 246 g/mol. The van der Waals surface area contributed by atoms with E-state index in [4.69, 9.17) is 5.84 Å². The van der Waals surface area contributed by atoms with Gasteiger partial charge in [0.2, 0.25) is 0 Å². The number of benzene rings is 1. The molecule has 19 heavy (non-hydrogen) atoms. The average molecular weight is 266 g/mol. The van der Waals surface area contributed by atoms with Gasteiger partial charge in [-0.25, -0.2) is 8.78 Å². The summed E-state index contributed by atoms with van der Waals surface area (Å²) in [5.74, 6) is 6.77. The molecule has 104 valence electrons. The molecule has 1 aromatic rings. The van der Waals surface area contributed by atoms with Crippen LogP contribution in [0.3, 0.4) is 0 Å². The van der Waals surface area contributed by atoms with Gasteiger partial charge in [0.05, 0.1) is 0 Å². The Hall–Kier alpha value is -1.00.